The van der Waals surface area contributed by atoms with E-state index in [1.165, 1.54) is 12.1 Å². The van der Waals surface area contributed by atoms with E-state index >= 15 is 0 Å². The molecule has 2 rings (SSSR count). The van der Waals surface area contributed by atoms with Crippen molar-refractivity contribution in [2.75, 3.05) is 5.43 Å². The van der Waals surface area contributed by atoms with E-state index in [1.54, 1.807) is 6.07 Å². The molecule has 2 aromatic rings. The molecule has 98 valence electrons. The third kappa shape index (κ3) is 3.67. The number of hydrazine groups is 1. The van der Waals surface area contributed by atoms with E-state index in [2.05, 4.69) is 10.9 Å². The van der Waals surface area contributed by atoms with Crippen LogP contribution in [-0.4, -0.2) is 4.92 Å². The topological polar surface area (TPSA) is 67.2 Å². The number of para-hydroxylation sites is 1. The normalized spacial score (nSPS) is 10.2. The van der Waals surface area contributed by atoms with Crippen molar-refractivity contribution in [3.05, 3.63) is 69.2 Å². The van der Waals surface area contributed by atoms with Gasteiger partial charge in [0.1, 0.15) is 0 Å². The van der Waals surface area contributed by atoms with Crippen molar-refractivity contribution in [1.29, 1.82) is 0 Å². The summed E-state index contributed by atoms with van der Waals surface area (Å²) in [6, 6.07) is 14.0. The maximum atomic E-state index is 10.9. The molecule has 0 saturated carbocycles. The molecule has 0 aromatic heterocycles. The Balaban J connectivity index is 2.03. The number of rotatable bonds is 5. The largest absolute Gasteiger partial charge is 0.321 e. The Morgan fingerprint density at radius 2 is 1.89 bits per heavy atom. The second kappa shape index (κ2) is 6.17. The van der Waals surface area contributed by atoms with E-state index in [1.807, 2.05) is 30.3 Å². The zero-order valence-electron chi connectivity index (χ0n) is 9.97. The summed E-state index contributed by atoms with van der Waals surface area (Å²) in [6.45, 7) is 0.297. The standard InChI is InChI=1S/C13H12ClN3O2/c14-11-6-7-13(17(18)19)10(8-11)9-15-16-12-4-2-1-3-5-12/h1-8,15-16H,9H2. The highest BCUT2D eigenvalue weighted by Gasteiger charge is 2.13. The van der Waals surface area contributed by atoms with E-state index < -0.39 is 4.92 Å². The molecule has 0 aliphatic heterocycles. The third-order valence-corrected chi connectivity index (χ3v) is 2.76. The number of hydrogen-bond acceptors (Lipinski definition) is 4. The van der Waals surface area contributed by atoms with Gasteiger partial charge >= 0.3 is 0 Å². The first kappa shape index (κ1) is 13.3. The lowest BCUT2D eigenvalue weighted by molar-refractivity contribution is -0.385. The Kier molecular flexibility index (Phi) is 4.33. The molecule has 6 heteroatoms. The van der Waals surface area contributed by atoms with Crippen molar-refractivity contribution >= 4 is 23.0 Å². The minimum Gasteiger partial charge on any atom is -0.321 e. The zero-order valence-corrected chi connectivity index (χ0v) is 10.7. The van der Waals surface area contributed by atoms with E-state index in [9.17, 15) is 10.1 Å². The Morgan fingerprint density at radius 3 is 2.58 bits per heavy atom. The first-order chi connectivity index (χ1) is 9.16. The molecule has 0 fully saturated rings. The minimum absolute atomic E-state index is 0.0479. The average molecular weight is 278 g/mol. The van der Waals surface area contributed by atoms with Gasteiger partial charge in [-0.1, -0.05) is 29.8 Å². The van der Waals surface area contributed by atoms with Gasteiger partial charge in [-0.25, -0.2) is 5.43 Å². The lowest BCUT2D eigenvalue weighted by Crippen LogP contribution is -2.21. The predicted molar refractivity (Wildman–Crippen MR) is 75.0 cm³/mol. The van der Waals surface area contributed by atoms with Crippen LogP contribution in [0.2, 0.25) is 5.02 Å². The Labute approximate surface area is 115 Å². The van der Waals surface area contributed by atoms with Crippen LogP contribution in [0.3, 0.4) is 0 Å². The SMILES string of the molecule is O=[N+]([O-])c1ccc(Cl)cc1CNNc1ccccc1. The van der Waals surface area contributed by atoms with Gasteiger partial charge in [-0.15, -0.1) is 0 Å². The second-order valence-corrected chi connectivity index (χ2v) is 4.31. The smallest absolute Gasteiger partial charge is 0.274 e. The maximum Gasteiger partial charge on any atom is 0.274 e. The van der Waals surface area contributed by atoms with Gasteiger partial charge in [-0.05, 0) is 24.3 Å². The summed E-state index contributed by atoms with van der Waals surface area (Å²) in [6.07, 6.45) is 0. The minimum atomic E-state index is -0.421. The molecule has 19 heavy (non-hydrogen) atoms. The van der Waals surface area contributed by atoms with Gasteiger partial charge in [0.05, 0.1) is 4.92 Å². The number of nitrogens with zero attached hydrogens (tertiary/aromatic N) is 1. The number of anilines is 1. The van der Waals surface area contributed by atoms with Crippen molar-refractivity contribution in [3.63, 3.8) is 0 Å². The number of nitro benzene ring substituents is 1. The van der Waals surface area contributed by atoms with E-state index in [-0.39, 0.29) is 5.69 Å². The molecule has 0 bridgehead atoms. The molecular formula is C13H12ClN3O2. The number of nitro groups is 1. The van der Waals surface area contributed by atoms with Crippen molar-refractivity contribution in [2.24, 2.45) is 0 Å². The fraction of sp³-hybridized carbons (Fsp3) is 0.0769. The van der Waals surface area contributed by atoms with Crippen molar-refractivity contribution in [3.8, 4) is 0 Å². The third-order valence-electron chi connectivity index (χ3n) is 2.52. The van der Waals surface area contributed by atoms with Crippen LogP contribution in [0.15, 0.2) is 48.5 Å². The molecule has 2 N–H and O–H groups in total. The highest BCUT2D eigenvalue weighted by molar-refractivity contribution is 6.30. The molecule has 0 unspecified atom stereocenters. The van der Waals surface area contributed by atoms with E-state index in [0.717, 1.165) is 5.69 Å². The molecular weight excluding hydrogens is 266 g/mol. The van der Waals surface area contributed by atoms with E-state index in [0.29, 0.717) is 17.1 Å². The van der Waals surface area contributed by atoms with E-state index in [4.69, 9.17) is 11.6 Å². The van der Waals surface area contributed by atoms with Gasteiger partial charge in [-0.2, -0.15) is 0 Å². The summed E-state index contributed by atoms with van der Waals surface area (Å²) in [5.74, 6) is 0. The number of hydrogen-bond donors (Lipinski definition) is 2. The van der Waals surface area contributed by atoms with Gasteiger partial charge in [0.2, 0.25) is 0 Å². The van der Waals surface area contributed by atoms with Crippen LogP contribution in [0.25, 0.3) is 0 Å². The molecule has 0 saturated heterocycles. The Morgan fingerprint density at radius 1 is 1.16 bits per heavy atom. The molecule has 0 radical (unpaired) electrons. The maximum absolute atomic E-state index is 10.9. The summed E-state index contributed by atoms with van der Waals surface area (Å²) < 4.78 is 0. The first-order valence-corrected chi connectivity index (χ1v) is 6.01. The molecule has 0 aliphatic rings. The second-order valence-electron chi connectivity index (χ2n) is 3.87. The monoisotopic (exact) mass is 277 g/mol. The van der Waals surface area contributed by atoms with Crippen LogP contribution in [0.1, 0.15) is 5.56 Å². The molecule has 5 nitrogen and oxygen atoms in total. The number of halogens is 1. The first-order valence-electron chi connectivity index (χ1n) is 5.63. The lowest BCUT2D eigenvalue weighted by atomic mass is 10.2. The molecule has 0 spiro atoms. The van der Waals surface area contributed by atoms with Crippen LogP contribution in [-0.2, 0) is 6.54 Å². The van der Waals surface area contributed by atoms with Crippen molar-refractivity contribution in [2.45, 2.75) is 6.54 Å². The fourth-order valence-corrected chi connectivity index (χ4v) is 1.83. The van der Waals surface area contributed by atoms with Crippen molar-refractivity contribution in [1.82, 2.24) is 5.43 Å². The number of nitrogens with one attached hydrogen (secondary N) is 2. The van der Waals surface area contributed by atoms with Crippen molar-refractivity contribution < 1.29 is 4.92 Å². The molecule has 0 amide bonds. The van der Waals surface area contributed by atoms with Gasteiger partial charge in [0.15, 0.2) is 0 Å². The van der Waals surface area contributed by atoms with Crippen LogP contribution >= 0.6 is 11.6 Å². The summed E-state index contributed by atoms with van der Waals surface area (Å²) in [5.41, 5.74) is 7.35. The summed E-state index contributed by atoms with van der Waals surface area (Å²) in [5, 5.41) is 11.4. The van der Waals surface area contributed by atoms with Gasteiger partial charge < -0.3 is 5.43 Å². The highest BCUT2D eigenvalue weighted by Crippen LogP contribution is 2.22. The average Bonchev–Trinajstić information content (AvgIpc) is 2.39. The van der Waals surface area contributed by atoms with Crippen LogP contribution in [0, 0.1) is 10.1 Å². The molecule has 0 aliphatic carbocycles. The zero-order chi connectivity index (χ0) is 13.7. The highest BCUT2D eigenvalue weighted by atomic mass is 35.5. The van der Waals surface area contributed by atoms with Gasteiger partial charge in [0.25, 0.3) is 5.69 Å². The summed E-state index contributed by atoms with van der Waals surface area (Å²) in [7, 11) is 0. The van der Waals surface area contributed by atoms with Gasteiger partial charge in [-0.3, -0.25) is 10.1 Å². The summed E-state index contributed by atoms with van der Waals surface area (Å²) >= 11 is 5.85. The quantitative estimate of drug-likeness (QED) is 0.649. The number of benzene rings is 2. The predicted octanol–water partition coefficient (Wildman–Crippen LogP) is 3.36. The van der Waals surface area contributed by atoms with Crippen LogP contribution in [0.4, 0.5) is 11.4 Å². The summed E-state index contributed by atoms with van der Waals surface area (Å²) in [4.78, 5) is 10.5. The fourth-order valence-electron chi connectivity index (χ4n) is 1.64. The Hall–Kier alpha value is -2.11. The van der Waals surface area contributed by atoms with Crippen LogP contribution < -0.4 is 10.9 Å². The Bertz CT molecular complexity index is 575. The molecule has 0 heterocycles. The molecule has 2 aromatic carbocycles. The lowest BCUT2D eigenvalue weighted by Gasteiger charge is -2.08. The van der Waals surface area contributed by atoms with Crippen LogP contribution in [0.5, 0.6) is 0 Å². The van der Waals surface area contributed by atoms with Gasteiger partial charge in [0, 0.05) is 28.9 Å². The molecule has 0 atom stereocenters.